The van der Waals surface area contributed by atoms with Gasteiger partial charge in [-0.1, -0.05) is 47.2 Å². The molecular weight excluding hydrogens is 381 g/mol. The first-order chi connectivity index (χ1) is 10.8. The summed E-state index contributed by atoms with van der Waals surface area (Å²) in [5, 5.41) is 18.3. The molecule has 1 amide bonds. The average Bonchev–Trinajstić information content (AvgIpc) is 2.71. The van der Waals surface area contributed by atoms with Gasteiger partial charge >= 0.3 is 5.97 Å². The van der Waals surface area contributed by atoms with Crippen molar-refractivity contribution < 1.29 is 19.8 Å². The summed E-state index contributed by atoms with van der Waals surface area (Å²) in [5.74, 6) is -1.42. The molecule has 0 spiro atoms. The number of hydrogen-bond donors (Lipinski definition) is 2. The van der Waals surface area contributed by atoms with Gasteiger partial charge in [0.1, 0.15) is 4.32 Å². The van der Waals surface area contributed by atoms with Gasteiger partial charge in [0, 0.05) is 13.0 Å². The molecule has 9 heteroatoms. The molecular formula is C14H11Cl2NO4S2. The van der Waals surface area contributed by atoms with Crippen LogP contribution in [0.3, 0.4) is 0 Å². The number of phenols is 1. The van der Waals surface area contributed by atoms with Crippen LogP contribution in [0.15, 0.2) is 17.0 Å². The number of amides is 1. The maximum absolute atomic E-state index is 12.3. The average molecular weight is 392 g/mol. The zero-order valence-electron chi connectivity index (χ0n) is 11.6. The molecule has 2 N–H and O–H groups in total. The van der Waals surface area contributed by atoms with Crippen molar-refractivity contribution in [2.75, 3.05) is 6.54 Å². The Morgan fingerprint density at radius 3 is 2.52 bits per heavy atom. The summed E-state index contributed by atoms with van der Waals surface area (Å²) in [5.41, 5.74) is 0.559. The Morgan fingerprint density at radius 1 is 1.35 bits per heavy atom. The van der Waals surface area contributed by atoms with Crippen LogP contribution >= 0.6 is 47.2 Å². The molecule has 122 valence electrons. The van der Waals surface area contributed by atoms with Gasteiger partial charge in [-0.25, -0.2) is 0 Å². The summed E-state index contributed by atoms with van der Waals surface area (Å²) in [6.45, 7) is 0.255. The fraction of sp³-hybridized carbons (Fsp3) is 0.214. The molecule has 0 saturated carbocycles. The van der Waals surface area contributed by atoms with E-state index in [9.17, 15) is 14.7 Å². The van der Waals surface area contributed by atoms with Gasteiger partial charge in [0.2, 0.25) is 0 Å². The lowest BCUT2D eigenvalue weighted by Gasteiger charge is -2.13. The number of thioether (sulfide) groups is 1. The highest BCUT2D eigenvalue weighted by Gasteiger charge is 2.31. The van der Waals surface area contributed by atoms with E-state index < -0.39 is 5.97 Å². The summed E-state index contributed by atoms with van der Waals surface area (Å²) >= 11 is 18.0. The summed E-state index contributed by atoms with van der Waals surface area (Å²) < 4.78 is 0.377. The molecule has 1 heterocycles. The van der Waals surface area contributed by atoms with Crippen molar-refractivity contribution >= 4 is 69.5 Å². The number of phenolic OH excluding ortho intramolecular Hbond substituents is 1. The Bertz CT molecular complexity index is 698. The van der Waals surface area contributed by atoms with Gasteiger partial charge in [0.15, 0.2) is 5.75 Å². The number of nitrogens with zero attached hydrogens (tertiary/aromatic N) is 1. The van der Waals surface area contributed by atoms with Crippen molar-refractivity contribution in [2.24, 2.45) is 0 Å². The van der Waals surface area contributed by atoms with E-state index in [1.165, 1.54) is 17.0 Å². The predicted molar refractivity (Wildman–Crippen MR) is 94.9 cm³/mol. The molecule has 0 bridgehead atoms. The molecule has 0 atom stereocenters. The number of halogens is 2. The zero-order valence-corrected chi connectivity index (χ0v) is 14.7. The number of carbonyl (C=O) groups is 2. The van der Waals surface area contributed by atoms with Crippen LogP contribution in [0.2, 0.25) is 10.0 Å². The van der Waals surface area contributed by atoms with Crippen molar-refractivity contribution in [1.29, 1.82) is 0 Å². The number of carboxylic acid groups (broad SMARTS) is 1. The maximum Gasteiger partial charge on any atom is 0.303 e. The van der Waals surface area contributed by atoms with Crippen molar-refractivity contribution in [1.82, 2.24) is 4.90 Å². The Morgan fingerprint density at radius 2 is 1.96 bits per heavy atom. The summed E-state index contributed by atoms with van der Waals surface area (Å²) in [4.78, 5) is 24.6. The molecule has 1 fully saturated rings. The smallest absolute Gasteiger partial charge is 0.303 e. The monoisotopic (exact) mass is 391 g/mol. The Balaban J connectivity index is 2.17. The highest BCUT2D eigenvalue weighted by Crippen LogP contribution is 2.36. The SMILES string of the molecule is O=C(O)CCCN1C(=O)/C(=C/c2cc(Cl)c(O)c(Cl)c2)SC1=S. The van der Waals surface area contributed by atoms with Crippen LogP contribution in [0, 0.1) is 0 Å². The number of carboxylic acids is 1. The molecule has 0 unspecified atom stereocenters. The molecule has 0 aliphatic carbocycles. The van der Waals surface area contributed by atoms with E-state index in [0.717, 1.165) is 11.8 Å². The van der Waals surface area contributed by atoms with E-state index in [2.05, 4.69) is 0 Å². The summed E-state index contributed by atoms with van der Waals surface area (Å²) in [6.07, 6.45) is 1.87. The van der Waals surface area contributed by atoms with E-state index in [1.54, 1.807) is 6.08 Å². The minimum atomic E-state index is -0.917. The zero-order chi connectivity index (χ0) is 17.1. The third-order valence-electron chi connectivity index (χ3n) is 2.98. The highest BCUT2D eigenvalue weighted by atomic mass is 35.5. The first-order valence-corrected chi connectivity index (χ1v) is 8.43. The van der Waals surface area contributed by atoms with E-state index >= 15 is 0 Å². The lowest BCUT2D eigenvalue weighted by atomic mass is 10.2. The third kappa shape index (κ3) is 4.38. The van der Waals surface area contributed by atoms with Crippen LogP contribution in [0.5, 0.6) is 5.75 Å². The van der Waals surface area contributed by atoms with E-state index in [-0.39, 0.29) is 34.7 Å². The van der Waals surface area contributed by atoms with Gasteiger partial charge in [-0.15, -0.1) is 0 Å². The van der Waals surface area contributed by atoms with Gasteiger partial charge < -0.3 is 10.2 Å². The second-order valence-corrected chi connectivity index (χ2v) is 7.15. The van der Waals surface area contributed by atoms with Gasteiger partial charge in [0.25, 0.3) is 5.91 Å². The van der Waals surface area contributed by atoms with Crippen molar-refractivity contribution in [3.63, 3.8) is 0 Å². The fourth-order valence-electron chi connectivity index (χ4n) is 1.90. The topological polar surface area (TPSA) is 77.8 Å². The highest BCUT2D eigenvalue weighted by molar-refractivity contribution is 8.26. The number of aliphatic carboxylic acids is 1. The lowest BCUT2D eigenvalue weighted by Crippen LogP contribution is -2.29. The van der Waals surface area contributed by atoms with Crippen LogP contribution in [-0.4, -0.2) is 37.9 Å². The van der Waals surface area contributed by atoms with Gasteiger partial charge in [0.05, 0.1) is 15.0 Å². The molecule has 1 saturated heterocycles. The fourth-order valence-corrected chi connectivity index (χ4v) is 3.71. The van der Waals surface area contributed by atoms with Crippen LogP contribution in [0.4, 0.5) is 0 Å². The minimum Gasteiger partial charge on any atom is -0.505 e. The van der Waals surface area contributed by atoms with Crippen LogP contribution in [0.25, 0.3) is 6.08 Å². The van der Waals surface area contributed by atoms with Crippen LogP contribution in [-0.2, 0) is 9.59 Å². The van der Waals surface area contributed by atoms with Gasteiger partial charge in [-0.05, 0) is 30.2 Å². The summed E-state index contributed by atoms with van der Waals surface area (Å²) in [6, 6.07) is 2.97. The number of aromatic hydroxyl groups is 1. The second kappa shape index (κ2) is 7.53. The number of thiocarbonyl (C=S) groups is 1. The first kappa shape index (κ1) is 18.1. The number of benzene rings is 1. The molecule has 1 aliphatic heterocycles. The molecule has 0 radical (unpaired) electrons. The molecule has 1 aromatic rings. The summed E-state index contributed by atoms with van der Waals surface area (Å²) in [7, 11) is 0. The first-order valence-electron chi connectivity index (χ1n) is 6.44. The number of rotatable bonds is 5. The lowest BCUT2D eigenvalue weighted by molar-refractivity contribution is -0.137. The van der Waals surface area contributed by atoms with Crippen LogP contribution in [0.1, 0.15) is 18.4 Å². The largest absolute Gasteiger partial charge is 0.505 e. The van der Waals surface area contributed by atoms with Gasteiger partial charge in [-0.3, -0.25) is 14.5 Å². The van der Waals surface area contributed by atoms with E-state index in [4.69, 9.17) is 40.5 Å². The molecule has 0 aromatic heterocycles. The molecule has 1 aromatic carbocycles. The molecule has 2 rings (SSSR count). The standard InChI is InChI=1S/C14H11Cl2NO4S2/c15-8-4-7(5-9(16)12(8)20)6-10-13(21)17(14(22)23-10)3-1-2-11(18)19/h4-6,20H,1-3H2,(H,18,19)/b10-6-. The molecule has 1 aliphatic rings. The Kier molecular flexibility index (Phi) is 5.91. The third-order valence-corrected chi connectivity index (χ3v) is 4.94. The van der Waals surface area contributed by atoms with Gasteiger partial charge in [-0.2, -0.15) is 0 Å². The minimum absolute atomic E-state index is 0.0285. The Hall–Kier alpha value is -1.28. The Labute approximate surface area is 151 Å². The predicted octanol–water partition coefficient (Wildman–Crippen LogP) is 3.77. The normalized spacial score (nSPS) is 16.4. The molecule has 23 heavy (non-hydrogen) atoms. The second-order valence-electron chi connectivity index (χ2n) is 4.66. The van der Waals surface area contributed by atoms with Crippen molar-refractivity contribution in [2.45, 2.75) is 12.8 Å². The quantitative estimate of drug-likeness (QED) is 0.587. The number of hydrogen-bond acceptors (Lipinski definition) is 5. The van der Waals surface area contributed by atoms with Crippen molar-refractivity contribution in [3.8, 4) is 5.75 Å². The number of carbonyl (C=O) groups excluding carboxylic acids is 1. The van der Waals surface area contributed by atoms with Crippen LogP contribution < -0.4 is 0 Å². The van der Waals surface area contributed by atoms with E-state index in [1.807, 2.05) is 0 Å². The van der Waals surface area contributed by atoms with Crippen molar-refractivity contribution in [3.05, 3.63) is 32.6 Å². The maximum atomic E-state index is 12.3. The molecule has 5 nitrogen and oxygen atoms in total. The van der Waals surface area contributed by atoms with E-state index in [0.29, 0.717) is 21.2 Å².